The number of nitrogens with one attached hydrogen (secondary N) is 2. The van der Waals surface area contributed by atoms with Gasteiger partial charge >= 0.3 is 6.03 Å². The number of phenolic OH excluding ortho intramolecular Hbond substituents is 1. The smallest absolute Gasteiger partial charge is 0.321 e. The second-order valence-corrected chi connectivity index (χ2v) is 4.35. The number of anilines is 1. The molecule has 0 atom stereocenters. The topological polar surface area (TPSA) is 79.8 Å². The Bertz CT molecular complexity index is 631. The van der Waals surface area contributed by atoms with E-state index in [9.17, 15) is 9.90 Å². The highest BCUT2D eigenvalue weighted by molar-refractivity contribution is 5.89. The van der Waals surface area contributed by atoms with Gasteiger partial charge < -0.3 is 25.2 Å². The first-order valence-corrected chi connectivity index (χ1v) is 6.87. The van der Waals surface area contributed by atoms with Crippen LogP contribution in [0, 0.1) is 0 Å². The lowest BCUT2D eigenvalue weighted by Crippen LogP contribution is -2.32. The average molecular weight is 302 g/mol. The predicted octanol–water partition coefficient (Wildman–Crippen LogP) is 2.95. The van der Waals surface area contributed by atoms with Gasteiger partial charge in [0.1, 0.15) is 5.75 Å². The van der Waals surface area contributed by atoms with Crippen LogP contribution in [0.4, 0.5) is 10.5 Å². The second kappa shape index (κ2) is 7.78. The van der Waals surface area contributed by atoms with E-state index in [0.29, 0.717) is 23.8 Å². The number of aromatic hydroxyl groups is 1. The van der Waals surface area contributed by atoms with Crippen LogP contribution in [0.15, 0.2) is 48.5 Å². The first-order valence-electron chi connectivity index (χ1n) is 6.87. The van der Waals surface area contributed by atoms with Crippen molar-refractivity contribution in [1.29, 1.82) is 0 Å². The van der Waals surface area contributed by atoms with Crippen molar-refractivity contribution < 1.29 is 19.4 Å². The van der Waals surface area contributed by atoms with Crippen LogP contribution in [0.3, 0.4) is 0 Å². The molecule has 0 unspecified atom stereocenters. The molecule has 6 nitrogen and oxygen atoms in total. The van der Waals surface area contributed by atoms with Gasteiger partial charge in [-0.2, -0.15) is 0 Å². The number of hydrogen-bond donors (Lipinski definition) is 3. The number of carbonyl (C=O) groups is 1. The maximum absolute atomic E-state index is 11.7. The Balaban J connectivity index is 1.82. The van der Waals surface area contributed by atoms with Gasteiger partial charge in [0.25, 0.3) is 0 Å². The van der Waals surface area contributed by atoms with Gasteiger partial charge in [0, 0.05) is 11.8 Å². The van der Waals surface area contributed by atoms with E-state index < -0.39 is 6.03 Å². The molecule has 0 fully saturated rings. The van der Waals surface area contributed by atoms with E-state index >= 15 is 0 Å². The van der Waals surface area contributed by atoms with Gasteiger partial charge in [-0.25, -0.2) is 4.79 Å². The highest BCUT2D eigenvalue weighted by Gasteiger charge is 2.05. The molecule has 2 amide bonds. The molecule has 116 valence electrons. The van der Waals surface area contributed by atoms with Crippen molar-refractivity contribution in [2.75, 3.05) is 18.7 Å². The number of amides is 2. The lowest BCUT2D eigenvalue weighted by atomic mass is 10.3. The molecule has 22 heavy (non-hydrogen) atoms. The fourth-order valence-corrected chi connectivity index (χ4v) is 1.78. The SMILES string of the molecule is CCOc1ccccc1OCNC(=O)Nc1cccc(O)c1. The van der Waals surface area contributed by atoms with Crippen LogP contribution >= 0.6 is 0 Å². The van der Waals surface area contributed by atoms with Crippen LogP contribution in [0.2, 0.25) is 0 Å². The molecule has 2 rings (SSSR count). The van der Waals surface area contributed by atoms with E-state index in [-0.39, 0.29) is 12.5 Å². The second-order valence-electron chi connectivity index (χ2n) is 4.35. The monoisotopic (exact) mass is 302 g/mol. The number of para-hydroxylation sites is 2. The van der Waals surface area contributed by atoms with Crippen LogP contribution < -0.4 is 20.1 Å². The Kier molecular flexibility index (Phi) is 5.48. The van der Waals surface area contributed by atoms with Crippen molar-refractivity contribution >= 4 is 11.7 Å². The maximum atomic E-state index is 11.7. The Hall–Kier alpha value is -2.89. The van der Waals surface area contributed by atoms with Crippen molar-refractivity contribution in [2.24, 2.45) is 0 Å². The Morgan fingerprint density at radius 2 is 1.82 bits per heavy atom. The van der Waals surface area contributed by atoms with E-state index in [2.05, 4.69) is 10.6 Å². The number of rotatable bonds is 6. The molecule has 0 saturated heterocycles. The first-order chi connectivity index (χ1) is 10.7. The summed E-state index contributed by atoms with van der Waals surface area (Å²) in [4.78, 5) is 11.7. The third-order valence-electron chi connectivity index (χ3n) is 2.71. The number of benzene rings is 2. The minimum absolute atomic E-state index is 0.00522. The van der Waals surface area contributed by atoms with Crippen LogP contribution in [-0.4, -0.2) is 24.5 Å². The molecule has 3 N–H and O–H groups in total. The Labute approximate surface area is 128 Å². The zero-order valence-electron chi connectivity index (χ0n) is 12.2. The molecule has 6 heteroatoms. The van der Waals surface area contributed by atoms with E-state index in [1.165, 1.54) is 12.1 Å². The van der Waals surface area contributed by atoms with Gasteiger partial charge in [-0.3, -0.25) is 0 Å². The van der Waals surface area contributed by atoms with E-state index in [1.807, 2.05) is 19.1 Å². The molecule has 0 aliphatic carbocycles. The minimum Gasteiger partial charge on any atom is -0.508 e. The molecule has 0 saturated carbocycles. The molecule has 0 aromatic heterocycles. The number of ether oxygens (including phenoxy) is 2. The summed E-state index contributed by atoms with van der Waals surface area (Å²) in [5.41, 5.74) is 0.493. The van der Waals surface area contributed by atoms with Crippen molar-refractivity contribution in [3.05, 3.63) is 48.5 Å². The molecular formula is C16H18N2O4. The summed E-state index contributed by atoms with van der Waals surface area (Å²) in [6.45, 7) is 2.41. The zero-order chi connectivity index (χ0) is 15.8. The van der Waals surface area contributed by atoms with Gasteiger partial charge in [-0.15, -0.1) is 0 Å². The molecule has 0 heterocycles. The quantitative estimate of drug-likeness (QED) is 0.717. The van der Waals surface area contributed by atoms with Gasteiger partial charge in [-0.05, 0) is 31.2 Å². The number of hydrogen-bond acceptors (Lipinski definition) is 4. The van der Waals surface area contributed by atoms with Crippen LogP contribution in [0.5, 0.6) is 17.2 Å². The number of urea groups is 1. The van der Waals surface area contributed by atoms with Crippen molar-refractivity contribution in [3.63, 3.8) is 0 Å². The Morgan fingerprint density at radius 3 is 2.50 bits per heavy atom. The molecule has 0 radical (unpaired) electrons. The normalized spacial score (nSPS) is 9.86. The van der Waals surface area contributed by atoms with Gasteiger partial charge in [0.15, 0.2) is 18.2 Å². The summed E-state index contributed by atoms with van der Waals surface area (Å²) in [6, 6.07) is 13.1. The molecule has 0 aliphatic heterocycles. The average Bonchev–Trinajstić information content (AvgIpc) is 2.49. The summed E-state index contributed by atoms with van der Waals surface area (Å²) in [5.74, 6) is 1.27. The summed E-state index contributed by atoms with van der Waals surface area (Å²) >= 11 is 0. The van der Waals surface area contributed by atoms with Crippen LogP contribution in [0.25, 0.3) is 0 Å². The number of carbonyl (C=O) groups excluding carboxylic acids is 1. The molecule has 2 aromatic carbocycles. The maximum Gasteiger partial charge on any atom is 0.321 e. The fourth-order valence-electron chi connectivity index (χ4n) is 1.78. The summed E-state index contributed by atoms with van der Waals surface area (Å²) in [7, 11) is 0. The van der Waals surface area contributed by atoms with E-state index in [0.717, 1.165) is 0 Å². The summed E-state index contributed by atoms with van der Waals surface area (Å²) < 4.78 is 10.9. The highest BCUT2D eigenvalue weighted by atomic mass is 16.5. The Morgan fingerprint density at radius 1 is 1.09 bits per heavy atom. The third kappa shape index (κ3) is 4.59. The lowest BCUT2D eigenvalue weighted by Gasteiger charge is -2.12. The predicted molar refractivity (Wildman–Crippen MR) is 83.4 cm³/mol. The minimum atomic E-state index is -0.431. The zero-order valence-corrected chi connectivity index (χ0v) is 12.2. The molecule has 0 spiro atoms. The van der Waals surface area contributed by atoms with Crippen molar-refractivity contribution in [1.82, 2.24) is 5.32 Å². The van der Waals surface area contributed by atoms with Crippen molar-refractivity contribution in [3.8, 4) is 17.2 Å². The van der Waals surface area contributed by atoms with Gasteiger partial charge in [-0.1, -0.05) is 18.2 Å². The standard InChI is InChI=1S/C16H18N2O4/c1-2-21-14-8-3-4-9-15(14)22-11-17-16(20)18-12-6-5-7-13(19)10-12/h3-10,19H,2,11H2,1H3,(H2,17,18,20). The van der Waals surface area contributed by atoms with Crippen LogP contribution in [-0.2, 0) is 0 Å². The number of phenols is 1. The fraction of sp³-hybridized carbons (Fsp3) is 0.188. The van der Waals surface area contributed by atoms with Crippen molar-refractivity contribution in [2.45, 2.75) is 6.92 Å². The first kappa shape index (κ1) is 15.5. The third-order valence-corrected chi connectivity index (χ3v) is 2.71. The molecular weight excluding hydrogens is 284 g/mol. The lowest BCUT2D eigenvalue weighted by molar-refractivity contribution is 0.229. The van der Waals surface area contributed by atoms with Crippen LogP contribution in [0.1, 0.15) is 6.92 Å². The summed E-state index contributed by atoms with van der Waals surface area (Å²) in [6.07, 6.45) is 0. The molecule has 0 bridgehead atoms. The highest BCUT2D eigenvalue weighted by Crippen LogP contribution is 2.25. The van der Waals surface area contributed by atoms with E-state index in [4.69, 9.17) is 9.47 Å². The van der Waals surface area contributed by atoms with Gasteiger partial charge in [0.05, 0.1) is 6.61 Å². The summed E-state index contributed by atoms with van der Waals surface area (Å²) in [5, 5.41) is 14.5. The van der Waals surface area contributed by atoms with E-state index in [1.54, 1.807) is 24.3 Å². The molecule has 0 aliphatic rings. The molecule has 2 aromatic rings. The largest absolute Gasteiger partial charge is 0.508 e. The van der Waals surface area contributed by atoms with Gasteiger partial charge in [0.2, 0.25) is 0 Å².